The van der Waals surface area contributed by atoms with Gasteiger partial charge in [-0.3, -0.25) is 9.59 Å². The molecule has 164 valence electrons. The van der Waals surface area contributed by atoms with E-state index in [1.165, 1.54) is 0 Å². The molecule has 1 saturated heterocycles. The van der Waals surface area contributed by atoms with Crippen molar-refractivity contribution in [1.82, 2.24) is 9.78 Å². The number of anilines is 2. The Kier molecular flexibility index (Phi) is 5.57. The Bertz CT molecular complexity index is 1180. The maximum atomic E-state index is 13.2. The molecule has 32 heavy (non-hydrogen) atoms. The Morgan fingerprint density at radius 1 is 1.12 bits per heavy atom. The molecule has 1 N–H and O–H groups in total. The molecule has 1 fully saturated rings. The molecule has 2 aliphatic rings. The molecule has 2 aliphatic heterocycles. The summed E-state index contributed by atoms with van der Waals surface area (Å²) >= 11 is 7.73. The number of benzene rings is 2. The van der Waals surface area contributed by atoms with Crippen LogP contribution in [-0.4, -0.2) is 35.2 Å². The Labute approximate surface area is 194 Å². The zero-order chi connectivity index (χ0) is 22.2. The van der Waals surface area contributed by atoms with Crippen molar-refractivity contribution in [2.24, 2.45) is 5.92 Å². The summed E-state index contributed by atoms with van der Waals surface area (Å²) < 4.78 is 7.02. The van der Waals surface area contributed by atoms with Gasteiger partial charge in [-0.25, -0.2) is 4.68 Å². The van der Waals surface area contributed by atoms with Gasteiger partial charge in [-0.15, -0.1) is 0 Å². The lowest BCUT2D eigenvalue weighted by molar-refractivity contribution is -0.122. The van der Waals surface area contributed by atoms with Gasteiger partial charge < -0.3 is 15.0 Å². The van der Waals surface area contributed by atoms with Gasteiger partial charge in [-0.1, -0.05) is 11.6 Å². The monoisotopic (exact) mass is 468 g/mol. The van der Waals surface area contributed by atoms with Crippen LogP contribution in [0.3, 0.4) is 0 Å². The van der Waals surface area contributed by atoms with E-state index in [0.717, 1.165) is 39.9 Å². The van der Waals surface area contributed by atoms with Crippen molar-refractivity contribution in [2.45, 2.75) is 17.9 Å². The Morgan fingerprint density at radius 2 is 1.84 bits per heavy atom. The average molecular weight is 469 g/mol. The Hall–Kier alpha value is -2.97. The number of amides is 2. The van der Waals surface area contributed by atoms with Crippen molar-refractivity contribution < 1.29 is 14.3 Å². The van der Waals surface area contributed by atoms with Gasteiger partial charge in [0.05, 0.1) is 24.4 Å². The van der Waals surface area contributed by atoms with E-state index in [4.69, 9.17) is 21.4 Å². The molecule has 3 aromatic rings. The van der Waals surface area contributed by atoms with Crippen LogP contribution in [0.1, 0.15) is 17.7 Å². The molecule has 3 heterocycles. The SMILES string of the molecule is COc1ccc(-n2nc3c(c2NC(=O)C2CC(=O)N(c4ccc(Cl)cc4)C2)CSC3)cc1. The van der Waals surface area contributed by atoms with Gasteiger partial charge in [0.1, 0.15) is 11.6 Å². The summed E-state index contributed by atoms with van der Waals surface area (Å²) in [5, 5.41) is 8.42. The minimum atomic E-state index is -0.442. The Balaban J connectivity index is 1.38. The lowest BCUT2D eigenvalue weighted by Crippen LogP contribution is -2.28. The van der Waals surface area contributed by atoms with Crippen LogP contribution in [0.15, 0.2) is 48.5 Å². The van der Waals surface area contributed by atoms with E-state index in [9.17, 15) is 9.59 Å². The van der Waals surface area contributed by atoms with E-state index in [-0.39, 0.29) is 18.2 Å². The van der Waals surface area contributed by atoms with E-state index in [1.807, 2.05) is 24.3 Å². The fraction of sp³-hybridized carbons (Fsp3) is 0.261. The maximum absolute atomic E-state index is 13.2. The molecule has 1 atom stereocenters. The molecule has 1 unspecified atom stereocenters. The largest absolute Gasteiger partial charge is 0.497 e. The molecule has 0 spiro atoms. The second-order valence-corrected chi connectivity index (χ2v) is 9.17. The van der Waals surface area contributed by atoms with Gasteiger partial charge in [0.2, 0.25) is 11.8 Å². The summed E-state index contributed by atoms with van der Waals surface area (Å²) in [4.78, 5) is 27.4. The first-order chi connectivity index (χ1) is 15.5. The lowest BCUT2D eigenvalue weighted by Gasteiger charge is -2.17. The fourth-order valence-corrected chi connectivity index (χ4v) is 5.18. The van der Waals surface area contributed by atoms with Crippen LogP contribution < -0.4 is 15.0 Å². The minimum absolute atomic E-state index is 0.0723. The van der Waals surface area contributed by atoms with Gasteiger partial charge in [0.25, 0.3) is 0 Å². The molecule has 0 bridgehead atoms. The van der Waals surface area contributed by atoms with Crippen LogP contribution in [0.5, 0.6) is 5.75 Å². The maximum Gasteiger partial charge on any atom is 0.230 e. The number of nitrogens with zero attached hydrogens (tertiary/aromatic N) is 3. The van der Waals surface area contributed by atoms with Crippen molar-refractivity contribution in [3.8, 4) is 11.4 Å². The molecular weight excluding hydrogens is 448 g/mol. The molecule has 0 aliphatic carbocycles. The van der Waals surface area contributed by atoms with E-state index in [1.54, 1.807) is 52.7 Å². The first-order valence-electron chi connectivity index (χ1n) is 10.2. The number of aromatic nitrogens is 2. The van der Waals surface area contributed by atoms with Crippen molar-refractivity contribution in [3.05, 3.63) is 64.8 Å². The summed E-state index contributed by atoms with van der Waals surface area (Å²) in [6.45, 7) is 0.333. The number of hydrogen-bond donors (Lipinski definition) is 1. The van der Waals surface area contributed by atoms with Gasteiger partial charge in [-0.05, 0) is 48.5 Å². The predicted octanol–water partition coefficient (Wildman–Crippen LogP) is 4.27. The van der Waals surface area contributed by atoms with Crippen molar-refractivity contribution in [2.75, 3.05) is 23.9 Å². The molecule has 7 nitrogen and oxygen atoms in total. The number of carbonyl (C=O) groups is 2. The van der Waals surface area contributed by atoms with E-state index in [2.05, 4.69) is 5.32 Å². The molecular formula is C23H21ClN4O3S. The third-order valence-electron chi connectivity index (χ3n) is 5.74. The van der Waals surface area contributed by atoms with Crippen LogP contribution in [0.2, 0.25) is 5.02 Å². The zero-order valence-electron chi connectivity index (χ0n) is 17.4. The molecule has 5 rings (SSSR count). The zero-order valence-corrected chi connectivity index (χ0v) is 18.9. The number of nitrogens with one attached hydrogen (secondary N) is 1. The third kappa shape index (κ3) is 3.84. The number of ether oxygens (including phenoxy) is 1. The van der Waals surface area contributed by atoms with Crippen LogP contribution in [0.4, 0.5) is 11.5 Å². The normalized spacial score (nSPS) is 17.5. The highest BCUT2D eigenvalue weighted by atomic mass is 35.5. The molecule has 2 aromatic carbocycles. The standard InChI is InChI=1S/C23H21ClN4O3S/c1-31-18-8-6-17(7-9-18)28-22(19-12-32-13-20(19)26-28)25-23(30)14-10-21(29)27(11-14)16-4-2-15(24)3-5-16/h2-9,14H,10-13H2,1H3,(H,25,30). The summed E-state index contributed by atoms with van der Waals surface area (Å²) in [5.74, 6) is 2.34. The average Bonchev–Trinajstić information content (AvgIpc) is 3.50. The summed E-state index contributed by atoms with van der Waals surface area (Å²) in [6.07, 6.45) is 0.169. The number of halogens is 1. The van der Waals surface area contributed by atoms with E-state index < -0.39 is 5.92 Å². The smallest absolute Gasteiger partial charge is 0.230 e. The predicted molar refractivity (Wildman–Crippen MR) is 126 cm³/mol. The minimum Gasteiger partial charge on any atom is -0.497 e. The molecule has 1 aromatic heterocycles. The number of carbonyl (C=O) groups excluding carboxylic acids is 2. The number of methoxy groups -OCH3 is 1. The summed E-state index contributed by atoms with van der Waals surface area (Å²) in [6, 6.07) is 14.6. The highest BCUT2D eigenvalue weighted by Gasteiger charge is 2.36. The van der Waals surface area contributed by atoms with E-state index >= 15 is 0 Å². The van der Waals surface area contributed by atoms with Crippen molar-refractivity contribution in [3.63, 3.8) is 0 Å². The topological polar surface area (TPSA) is 76.5 Å². The molecule has 9 heteroatoms. The van der Waals surface area contributed by atoms with Crippen molar-refractivity contribution in [1.29, 1.82) is 0 Å². The quantitative estimate of drug-likeness (QED) is 0.605. The number of rotatable bonds is 5. The highest BCUT2D eigenvalue weighted by Crippen LogP contribution is 2.37. The van der Waals surface area contributed by atoms with Gasteiger partial charge in [-0.2, -0.15) is 16.9 Å². The molecule has 2 amide bonds. The summed E-state index contributed by atoms with van der Waals surface area (Å²) in [7, 11) is 1.62. The Morgan fingerprint density at radius 3 is 2.56 bits per heavy atom. The third-order valence-corrected chi connectivity index (χ3v) is 6.97. The van der Waals surface area contributed by atoms with Crippen LogP contribution >= 0.6 is 23.4 Å². The van der Waals surface area contributed by atoms with Gasteiger partial charge >= 0.3 is 0 Å². The second-order valence-electron chi connectivity index (χ2n) is 7.75. The van der Waals surface area contributed by atoms with Crippen LogP contribution in [0.25, 0.3) is 5.69 Å². The second kappa shape index (κ2) is 8.52. The summed E-state index contributed by atoms with van der Waals surface area (Å²) in [5.41, 5.74) is 3.60. The fourth-order valence-electron chi connectivity index (χ4n) is 4.02. The number of hydrogen-bond acceptors (Lipinski definition) is 5. The van der Waals surface area contributed by atoms with Crippen LogP contribution in [0, 0.1) is 5.92 Å². The first-order valence-corrected chi connectivity index (χ1v) is 11.8. The number of thioether (sulfide) groups is 1. The van der Waals surface area contributed by atoms with Gasteiger partial charge in [0.15, 0.2) is 0 Å². The number of fused-ring (bicyclic) bond motifs is 1. The first kappa shape index (κ1) is 20.9. The van der Waals surface area contributed by atoms with Gasteiger partial charge in [0, 0.05) is 40.7 Å². The lowest BCUT2D eigenvalue weighted by atomic mass is 10.1. The van der Waals surface area contributed by atoms with E-state index in [0.29, 0.717) is 17.4 Å². The highest BCUT2D eigenvalue weighted by molar-refractivity contribution is 7.98. The molecule has 0 radical (unpaired) electrons. The molecule has 0 saturated carbocycles. The van der Waals surface area contributed by atoms with Crippen LogP contribution in [-0.2, 0) is 21.1 Å². The van der Waals surface area contributed by atoms with Crippen molar-refractivity contribution >= 4 is 46.7 Å².